The predicted octanol–water partition coefficient (Wildman–Crippen LogP) is 1.78. The van der Waals surface area contributed by atoms with Gasteiger partial charge in [-0.3, -0.25) is 4.79 Å². The first-order chi connectivity index (χ1) is 9.10. The van der Waals surface area contributed by atoms with Crippen LogP contribution in [-0.4, -0.2) is 29.1 Å². The Hall–Kier alpha value is -2.74. The Kier molecular flexibility index (Phi) is 3.53. The van der Waals surface area contributed by atoms with Gasteiger partial charge in [-0.1, -0.05) is 11.8 Å². The summed E-state index contributed by atoms with van der Waals surface area (Å²) in [4.78, 5) is 24.5. The fourth-order valence-corrected chi connectivity index (χ4v) is 1.62. The number of aromatic amines is 1. The van der Waals surface area contributed by atoms with E-state index < -0.39 is 5.97 Å². The van der Waals surface area contributed by atoms with E-state index in [1.165, 1.54) is 7.11 Å². The SMILES string of the molecule is COC(=O)CC#Cc1ccc2[nH]c(C(=O)O)cc2c1. The molecule has 0 aliphatic rings. The third-order valence-electron chi connectivity index (χ3n) is 2.54. The van der Waals surface area contributed by atoms with Crippen LogP contribution in [0.4, 0.5) is 0 Å². The fourth-order valence-electron chi connectivity index (χ4n) is 1.62. The molecule has 0 radical (unpaired) electrons. The van der Waals surface area contributed by atoms with Crippen molar-refractivity contribution in [3.63, 3.8) is 0 Å². The number of aromatic nitrogens is 1. The Labute approximate surface area is 109 Å². The molecule has 0 unspecified atom stereocenters. The second kappa shape index (κ2) is 5.27. The van der Waals surface area contributed by atoms with Crippen molar-refractivity contribution >= 4 is 22.8 Å². The van der Waals surface area contributed by atoms with Crippen molar-refractivity contribution in [3.8, 4) is 11.8 Å². The quantitative estimate of drug-likeness (QED) is 0.635. The van der Waals surface area contributed by atoms with E-state index in [1.807, 2.05) is 0 Å². The van der Waals surface area contributed by atoms with E-state index in [2.05, 4.69) is 21.6 Å². The molecule has 0 amide bonds. The molecule has 0 fully saturated rings. The highest BCUT2D eigenvalue weighted by Gasteiger charge is 2.06. The number of nitrogens with one attached hydrogen (secondary N) is 1. The van der Waals surface area contributed by atoms with Gasteiger partial charge in [-0.25, -0.2) is 4.79 Å². The van der Waals surface area contributed by atoms with Crippen LogP contribution in [0.15, 0.2) is 24.3 Å². The highest BCUT2D eigenvalue weighted by Crippen LogP contribution is 2.16. The number of esters is 1. The van der Waals surface area contributed by atoms with Gasteiger partial charge in [0.05, 0.1) is 7.11 Å². The molecular weight excluding hydrogens is 246 g/mol. The number of hydrogen-bond acceptors (Lipinski definition) is 3. The Morgan fingerprint density at radius 3 is 2.84 bits per heavy atom. The average Bonchev–Trinajstić information content (AvgIpc) is 2.81. The van der Waals surface area contributed by atoms with Crippen LogP contribution in [-0.2, 0) is 9.53 Å². The topological polar surface area (TPSA) is 79.4 Å². The maximum absolute atomic E-state index is 10.9. The molecule has 1 aromatic carbocycles. The molecule has 2 N–H and O–H groups in total. The van der Waals surface area contributed by atoms with Gasteiger partial charge in [0.25, 0.3) is 0 Å². The van der Waals surface area contributed by atoms with Crippen molar-refractivity contribution in [2.45, 2.75) is 6.42 Å². The Morgan fingerprint density at radius 2 is 2.16 bits per heavy atom. The number of carboxylic acids is 1. The maximum Gasteiger partial charge on any atom is 0.352 e. The summed E-state index contributed by atoms with van der Waals surface area (Å²) in [5, 5.41) is 9.64. The monoisotopic (exact) mass is 257 g/mol. The molecule has 5 nitrogen and oxygen atoms in total. The lowest BCUT2D eigenvalue weighted by atomic mass is 10.1. The van der Waals surface area contributed by atoms with Crippen molar-refractivity contribution in [2.24, 2.45) is 0 Å². The normalized spacial score (nSPS) is 9.74. The molecular formula is C14H11NO4. The van der Waals surface area contributed by atoms with Gasteiger partial charge >= 0.3 is 11.9 Å². The number of carboxylic acid groups (broad SMARTS) is 1. The number of ether oxygens (including phenoxy) is 1. The van der Waals surface area contributed by atoms with Gasteiger partial charge in [0.2, 0.25) is 0 Å². The molecule has 96 valence electrons. The number of hydrogen-bond donors (Lipinski definition) is 2. The summed E-state index contributed by atoms with van der Waals surface area (Å²) in [7, 11) is 1.31. The first kappa shape index (κ1) is 12.7. The van der Waals surface area contributed by atoms with Crippen LogP contribution in [0.2, 0.25) is 0 Å². The van der Waals surface area contributed by atoms with Gasteiger partial charge in [-0.15, -0.1) is 0 Å². The number of carbonyl (C=O) groups is 2. The highest BCUT2D eigenvalue weighted by molar-refractivity contribution is 5.94. The van der Waals surface area contributed by atoms with Gasteiger partial charge in [-0.05, 0) is 24.3 Å². The molecule has 0 saturated heterocycles. The van der Waals surface area contributed by atoms with Gasteiger partial charge < -0.3 is 14.8 Å². The zero-order chi connectivity index (χ0) is 13.8. The smallest absolute Gasteiger partial charge is 0.352 e. The first-order valence-electron chi connectivity index (χ1n) is 5.52. The lowest BCUT2D eigenvalue weighted by Crippen LogP contribution is -1.96. The second-order valence-corrected chi connectivity index (χ2v) is 3.84. The zero-order valence-electron chi connectivity index (χ0n) is 10.2. The Balaban J connectivity index is 2.26. The van der Waals surface area contributed by atoms with Crippen LogP contribution in [0.5, 0.6) is 0 Å². The molecule has 0 spiro atoms. The fraction of sp³-hybridized carbons (Fsp3) is 0.143. The van der Waals surface area contributed by atoms with Gasteiger partial charge in [0.15, 0.2) is 0 Å². The van der Waals surface area contributed by atoms with Crippen LogP contribution in [0, 0.1) is 11.8 Å². The summed E-state index contributed by atoms with van der Waals surface area (Å²) in [5.41, 5.74) is 1.58. The van der Waals surface area contributed by atoms with Crippen LogP contribution in [0.1, 0.15) is 22.5 Å². The number of fused-ring (bicyclic) bond motifs is 1. The summed E-state index contributed by atoms with van der Waals surface area (Å²) in [5.74, 6) is 4.13. The molecule has 2 rings (SSSR count). The molecule has 0 bridgehead atoms. The molecule has 19 heavy (non-hydrogen) atoms. The van der Waals surface area contributed by atoms with E-state index in [4.69, 9.17) is 5.11 Å². The summed E-state index contributed by atoms with van der Waals surface area (Å²) in [6.07, 6.45) is 0.0298. The lowest BCUT2D eigenvalue weighted by molar-refractivity contribution is -0.139. The molecule has 1 heterocycles. The van der Waals surface area contributed by atoms with Crippen molar-refractivity contribution in [1.29, 1.82) is 0 Å². The standard InChI is InChI=1S/C14H11NO4/c1-19-13(16)4-2-3-9-5-6-11-10(7-9)8-12(15-11)14(17)18/h5-8,15H,4H2,1H3,(H,17,18). The third kappa shape index (κ3) is 2.93. The Bertz CT molecular complexity index is 703. The number of benzene rings is 1. The second-order valence-electron chi connectivity index (χ2n) is 3.84. The number of H-pyrrole nitrogens is 1. The lowest BCUT2D eigenvalue weighted by Gasteiger charge is -1.92. The van der Waals surface area contributed by atoms with Crippen molar-refractivity contribution in [1.82, 2.24) is 4.98 Å². The minimum Gasteiger partial charge on any atom is -0.477 e. The van der Waals surface area contributed by atoms with E-state index in [0.717, 1.165) is 10.9 Å². The number of methoxy groups -OCH3 is 1. The Morgan fingerprint density at radius 1 is 1.37 bits per heavy atom. The van der Waals surface area contributed by atoms with E-state index in [9.17, 15) is 9.59 Å². The van der Waals surface area contributed by atoms with Crippen LogP contribution in [0.25, 0.3) is 10.9 Å². The number of carbonyl (C=O) groups excluding carboxylic acids is 1. The minimum absolute atomic E-state index is 0.0298. The van der Waals surface area contributed by atoms with Gasteiger partial charge in [0, 0.05) is 16.5 Å². The van der Waals surface area contributed by atoms with E-state index in [-0.39, 0.29) is 18.1 Å². The predicted molar refractivity (Wildman–Crippen MR) is 68.8 cm³/mol. The molecule has 0 atom stereocenters. The summed E-state index contributed by atoms with van der Waals surface area (Å²) >= 11 is 0. The third-order valence-corrected chi connectivity index (χ3v) is 2.54. The minimum atomic E-state index is -1.01. The first-order valence-corrected chi connectivity index (χ1v) is 5.52. The number of rotatable bonds is 2. The largest absolute Gasteiger partial charge is 0.477 e. The van der Waals surface area contributed by atoms with Crippen molar-refractivity contribution < 1.29 is 19.4 Å². The van der Waals surface area contributed by atoms with E-state index >= 15 is 0 Å². The van der Waals surface area contributed by atoms with E-state index in [0.29, 0.717) is 5.56 Å². The zero-order valence-corrected chi connectivity index (χ0v) is 10.2. The molecule has 1 aromatic heterocycles. The van der Waals surface area contributed by atoms with E-state index in [1.54, 1.807) is 24.3 Å². The van der Waals surface area contributed by atoms with Crippen LogP contribution < -0.4 is 0 Å². The van der Waals surface area contributed by atoms with Crippen LogP contribution >= 0.6 is 0 Å². The van der Waals surface area contributed by atoms with Crippen molar-refractivity contribution in [2.75, 3.05) is 7.11 Å². The van der Waals surface area contributed by atoms with Gasteiger partial charge in [-0.2, -0.15) is 0 Å². The summed E-state index contributed by atoms with van der Waals surface area (Å²) in [6, 6.07) is 6.82. The average molecular weight is 257 g/mol. The van der Waals surface area contributed by atoms with Crippen molar-refractivity contribution in [3.05, 3.63) is 35.5 Å². The molecule has 0 aliphatic heterocycles. The molecule has 0 saturated carbocycles. The summed E-state index contributed by atoms with van der Waals surface area (Å²) in [6.45, 7) is 0. The molecule has 0 aliphatic carbocycles. The van der Waals surface area contributed by atoms with Crippen LogP contribution in [0.3, 0.4) is 0 Å². The number of aromatic carboxylic acids is 1. The molecule has 5 heteroatoms. The molecule has 2 aromatic rings. The summed E-state index contributed by atoms with van der Waals surface area (Å²) < 4.78 is 4.48. The highest BCUT2D eigenvalue weighted by atomic mass is 16.5. The maximum atomic E-state index is 10.9. The van der Waals surface area contributed by atoms with Gasteiger partial charge in [0.1, 0.15) is 12.1 Å².